The van der Waals surface area contributed by atoms with Crippen molar-refractivity contribution in [1.29, 1.82) is 0 Å². The normalized spacial score (nSPS) is 15.4. The van der Waals surface area contributed by atoms with E-state index in [-0.39, 0.29) is 12.0 Å². The topological polar surface area (TPSA) is 66.8 Å². The molecule has 0 aromatic rings. The summed E-state index contributed by atoms with van der Waals surface area (Å²) in [6, 6.07) is 0. The standard InChI is InChI=1S/C24H51O4P/c1-5-7-9-11-12-13-14-15-17-19-21-24(23(4)28-29(25,26)27)22(3)20-18-16-10-8-6-2/h22-24H,5-21H2,1-4H3,(H2,25,26,27). The van der Waals surface area contributed by atoms with Gasteiger partial charge in [-0.3, -0.25) is 4.52 Å². The summed E-state index contributed by atoms with van der Waals surface area (Å²) in [6.45, 7) is 8.56. The fourth-order valence-corrected chi connectivity index (χ4v) is 5.02. The maximum absolute atomic E-state index is 11.3. The zero-order valence-electron chi connectivity index (χ0n) is 19.9. The van der Waals surface area contributed by atoms with Crippen LogP contribution in [-0.4, -0.2) is 15.9 Å². The Morgan fingerprint density at radius 1 is 0.655 bits per heavy atom. The summed E-state index contributed by atoms with van der Waals surface area (Å²) in [6.07, 6.45) is 21.2. The van der Waals surface area contributed by atoms with Crippen LogP contribution in [0, 0.1) is 11.8 Å². The Hall–Kier alpha value is 0.110. The summed E-state index contributed by atoms with van der Waals surface area (Å²) in [7, 11) is -4.42. The van der Waals surface area contributed by atoms with E-state index >= 15 is 0 Å². The SMILES string of the molecule is CCCCCCCCCCCCC(C(C)CCCCCCC)C(C)OP(=O)(O)O. The molecule has 0 saturated heterocycles. The lowest BCUT2D eigenvalue weighted by Gasteiger charge is -2.30. The van der Waals surface area contributed by atoms with E-state index in [1.54, 1.807) is 0 Å². The molecule has 0 spiro atoms. The van der Waals surface area contributed by atoms with Crippen molar-refractivity contribution in [2.45, 2.75) is 143 Å². The van der Waals surface area contributed by atoms with E-state index in [9.17, 15) is 14.4 Å². The quantitative estimate of drug-likeness (QED) is 0.140. The third-order valence-corrected chi connectivity index (χ3v) is 6.90. The number of phosphoric ester groups is 1. The maximum atomic E-state index is 11.3. The number of hydrogen-bond acceptors (Lipinski definition) is 2. The Bertz CT molecular complexity index is 396. The largest absolute Gasteiger partial charge is 0.469 e. The molecule has 3 atom stereocenters. The zero-order valence-corrected chi connectivity index (χ0v) is 20.8. The van der Waals surface area contributed by atoms with Crippen LogP contribution in [0.1, 0.15) is 137 Å². The molecule has 0 bridgehead atoms. The van der Waals surface area contributed by atoms with Gasteiger partial charge in [0, 0.05) is 0 Å². The summed E-state index contributed by atoms with van der Waals surface area (Å²) in [5, 5.41) is 0. The molecule has 0 rings (SSSR count). The van der Waals surface area contributed by atoms with Gasteiger partial charge in [0.15, 0.2) is 0 Å². The third-order valence-electron chi connectivity index (χ3n) is 6.29. The first-order chi connectivity index (χ1) is 13.8. The van der Waals surface area contributed by atoms with Gasteiger partial charge in [0.2, 0.25) is 0 Å². The van der Waals surface area contributed by atoms with Crippen molar-refractivity contribution in [2.24, 2.45) is 11.8 Å². The van der Waals surface area contributed by atoms with Crippen LogP contribution in [0.2, 0.25) is 0 Å². The van der Waals surface area contributed by atoms with E-state index in [4.69, 9.17) is 4.52 Å². The molecule has 0 saturated carbocycles. The average Bonchev–Trinajstić information content (AvgIpc) is 2.64. The monoisotopic (exact) mass is 434 g/mol. The maximum Gasteiger partial charge on any atom is 0.469 e. The highest BCUT2D eigenvalue weighted by atomic mass is 31.2. The van der Waals surface area contributed by atoms with Crippen molar-refractivity contribution in [1.82, 2.24) is 0 Å². The molecule has 29 heavy (non-hydrogen) atoms. The van der Waals surface area contributed by atoms with Gasteiger partial charge in [0.1, 0.15) is 0 Å². The molecule has 0 aliphatic carbocycles. The number of unbranched alkanes of at least 4 members (excludes halogenated alkanes) is 13. The smallest absolute Gasteiger partial charge is 0.303 e. The van der Waals surface area contributed by atoms with Crippen LogP contribution in [-0.2, 0) is 9.09 Å². The summed E-state index contributed by atoms with van der Waals surface area (Å²) in [4.78, 5) is 18.5. The zero-order chi connectivity index (χ0) is 22.0. The Morgan fingerprint density at radius 3 is 1.45 bits per heavy atom. The first-order valence-corrected chi connectivity index (χ1v) is 14.1. The van der Waals surface area contributed by atoms with Crippen molar-refractivity contribution >= 4 is 7.82 Å². The van der Waals surface area contributed by atoms with E-state index in [1.165, 1.54) is 89.9 Å². The highest BCUT2D eigenvalue weighted by Crippen LogP contribution is 2.41. The van der Waals surface area contributed by atoms with E-state index in [0.29, 0.717) is 5.92 Å². The van der Waals surface area contributed by atoms with Gasteiger partial charge < -0.3 is 9.79 Å². The Morgan fingerprint density at radius 2 is 1.03 bits per heavy atom. The lowest BCUT2D eigenvalue weighted by atomic mass is 9.82. The second kappa shape index (κ2) is 18.8. The molecule has 0 amide bonds. The Labute approximate surface area is 181 Å². The minimum atomic E-state index is -4.42. The molecular formula is C24H51O4P. The van der Waals surface area contributed by atoms with Crippen LogP contribution in [0.15, 0.2) is 0 Å². The predicted octanol–water partition coefficient (Wildman–Crippen LogP) is 8.41. The molecule has 0 radical (unpaired) electrons. The number of rotatable bonds is 21. The highest BCUT2D eigenvalue weighted by Gasteiger charge is 2.29. The molecule has 0 heterocycles. The molecular weight excluding hydrogens is 383 g/mol. The van der Waals surface area contributed by atoms with Gasteiger partial charge >= 0.3 is 7.82 Å². The summed E-state index contributed by atoms with van der Waals surface area (Å²) in [5.41, 5.74) is 0. The van der Waals surface area contributed by atoms with Crippen molar-refractivity contribution in [3.05, 3.63) is 0 Å². The molecule has 0 aliphatic rings. The molecule has 2 N–H and O–H groups in total. The molecule has 0 aliphatic heterocycles. The summed E-state index contributed by atoms with van der Waals surface area (Å²) in [5.74, 6) is 0.666. The minimum Gasteiger partial charge on any atom is -0.303 e. The minimum absolute atomic E-state index is 0.225. The van der Waals surface area contributed by atoms with E-state index in [2.05, 4.69) is 20.8 Å². The van der Waals surface area contributed by atoms with E-state index in [1.807, 2.05) is 6.92 Å². The summed E-state index contributed by atoms with van der Waals surface area (Å²) >= 11 is 0. The lowest BCUT2D eigenvalue weighted by molar-refractivity contribution is 0.0688. The fraction of sp³-hybridized carbons (Fsp3) is 1.00. The van der Waals surface area contributed by atoms with Gasteiger partial charge in [-0.25, -0.2) is 4.57 Å². The van der Waals surface area contributed by atoms with Gasteiger partial charge in [-0.05, 0) is 25.2 Å². The second-order valence-corrected chi connectivity index (χ2v) is 10.3. The van der Waals surface area contributed by atoms with Crippen LogP contribution >= 0.6 is 7.82 Å². The average molecular weight is 435 g/mol. The number of phosphoric acid groups is 1. The predicted molar refractivity (Wildman–Crippen MR) is 125 cm³/mol. The van der Waals surface area contributed by atoms with Crippen LogP contribution < -0.4 is 0 Å². The fourth-order valence-electron chi connectivity index (χ4n) is 4.43. The van der Waals surface area contributed by atoms with Crippen LogP contribution in [0.25, 0.3) is 0 Å². The lowest BCUT2D eigenvalue weighted by Crippen LogP contribution is -2.26. The van der Waals surface area contributed by atoms with Crippen molar-refractivity contribution in [2.75, 3.05) is 0 Å². The first-order valence-electron chi connectivity index (χ1n) is 12.6. The molecule has 176 valence electrons. The molecule has 5 heteroatoms. The van der Waals surface area contributed by atoms with E-state index < -0.39 is 7.82 Å². The Balaban J connectivity index is 4.19. The molecule has 0 fully saturated rings. The van der Waals surface area contributed by atoms with Crippen molar-refractivity contribution < 1.29 is 18.9 Å². The molecule has 0 aromatic carbocycles. The van der Waals surface area contributed by atoms with E-state index in [0.717, 1.165) is 19.3 Å². The van der Waals surface area contributed by atoms with Crippen LogP contribution in [0.4, 0.5) is 0 Å². The van der Waals surface area contributed by atoms with Gasteiger partial charge in [-0.2, -0.15) is 0 Å². The first kappa shape index (κ1) is 29.1. The second-order valence-electron chi connectivity index (χ2n) is 9.12. The van der Waals surface area contributed by atoms with Gasteiger partial charge in [-0.15, -0.1) is 0 Å². The molecule has 0 aromatic heterocycles. The summed E-state index contributed by atoms with van der Waals surface area (Å²) < 4.78 is 16.4. The van der Waals surface area contributed by atoms with Crippen LogP contribution in [0.5, 0.6) is 0 Å². The van der Waals surface area contributed by atoms with Crippen LogP contribution in [0.3, 0.4) is 0 Å². The van der Waals surface area contributed by atoms with Crippen molar-refractivity contribution in [3.8, 4) is 0 Å². The molecule has 4 nitrogen and oxygen atoms in total. The Kier molecular flexibility index (Phi) is 18.9. The highest BCUT2D eigenvalue weighted by molar-refractivity contribution is 7.46. The van der Waals surface area contributed by atoms with Gasteiger partial charge in [0.05, 0.1) is 6.10 Å². The third kappa shape index (κ3) is 18.6. The van der Waals surface area contributed by atoms with Gasteiger partial charge in [0.25, 0.3) is 0 Å². The molecule has 3 unspecified atom stereocenters. The van der Waals surface area contributed by atoms with Gasteiger partial charge in [-0.1, -0.05) is 124 Å². The number of hydrogen-bond donors (Lipinski definition) is 2. The van der Waals surface area contributed by atoms with Crippen molar-refractivity contribution in [3.63, 3.8) is 0 Å².